The highest BCUT2D eigenvalue weighted by atomic mass is 16.5. The van der Waals surface area contributed by atoms with Crippen molar-refractivity contribution in [1.29, 1.82) is 5.26 Å². The molecule has 0 heterocycles. The summed E-state index contributed by atoms with van der Waals surface area (Å²) in [6.07, 6.45) is 0.201. The molecule has 0 spiro atoms. The van der Waals surface area contributed by atoms with E-state index in [4.69, 9.17) is 19.8 Å². The van der Waals surface area contributed by atoms with E-state index in [0.29, 0.717) is 31.1 Å². The lowest BCUT2D eigenvalue weighted by atomic mass is 10.2. The summed E-state index contributed by atoms with van der Waals surface area (Å²) in [7, 11) is 0. The average molecular weight is 294 g/mol. The summed E-state index contributed by atoms with van der Waals surface area (Å²) in [6.45, 7) is 2.31. The molecule has 0 amide bonds. The fraction of sp³-hybridized carbons (Fsp3) is 0.533. The van der Waals surface area contributed by atoms with Gasteiger partial charge in [0.2, 0.25) is 0 Å². The molecule has 0 aliphatic carbocycles. The van der Waals surface area contributed by atoms with Gasteiger partial charge in [0.15, 0.2) is 0 Å². The second kappa shape index (κ2) is 11.1. The number of nitriles is 1. The molecule has 0 aliphatic heterocycles. The molecule has 0 radical (unpaired) electrons. The number of benzene rings is 1. The van der Waals surface area contributed by atoms with Gasteiger partial charge in [-0.3, -0.25) is 0 Å². The topological polar surface area (TPSA) is 94.7 Å². The summed E-state index contributed by atoms with van der Waals surface area (Å²) in [4.78, 5) is 0. The molecule has 6 heteroatoms. The Morgan fingerprint density at radius 2 is 2.19 bits per heavy atom. The fourth-order valence-corrected chi connectivity index (χ4v) is 1.64. The Kier molecular flexibility index (Phi) is 9.16. The van der Waals surface area contributed by atoms with Crippen LogP contribution in [0.25, 0.3) is 0 Å². The predicted octanol–water partition coefficient (Wildman–Crippen LogP) is 0.287. The highest BCUT2D eigenvalue weighted by molar-refractivity contribution is 5.36. The normalized spacial score (nSPS) is 11.9. The van der Waals surface area contributed by atoms with E-state index in [1.807, 2.05) is 6.07 Å². The van der Waals surface area contributed by atoms with Crippen molar-refractivity contribution in [3.05, 3.63) is 29.8 Å². The van der Waals surface area contributed by atoms with Crippen LogP contribution in [-0.2, 0) is 4.74 Å². The molecular formula is C15H22N2O4. The maximum atomic E-state index is 9.76. The van der Waals surface area contributed by atoms with Gasteiger partial charge < -0.3 is 25.0 Å². The summed E-state index contributed by atoms with van der Waals surface area (Å²) in [5, 5.41) is 30.2. The zero-order valence-corrected chi connectivity index (χ0v) is 12.0. The Hall–Kier alpha value is -1.65. The molecule has 6 nitrogen and oxygen atoms in total. The minimum atomic E-state index is -0.617. The van der Waals surface area contributed by atoms with E-state index in [1.165, 1.54) is 0 Å². The Morgan fingerprint density at radius 1 is 1.33 bits per heavy atom. The first-order valence-corrected chi connectivity index (χ1v) is 6.96. The molecule has 1 rings (SSSR count). The fourth-order valence-electron chi connectivity index (χ4n) is 1.64. The van der Waals surface area contributed by atoms with Crippen LogP contribution in [0.2, 0.25) is 0 Å². The SMILES string of the molecule is N#Cc1cccc(OCC(O)CNCCCOCCO)c1. The van der Waals surface area contributed by atoms with Crippen molar-refractivity contribution in [2.24, 2.45) is 0 Å². The molecule has 1 unspecified atom stereocenters. The molecule has 0 aliphatic rings. The van der Waals surface area contributed by atoms with Crippen molar-refractivity contribution in [2.45, 2.75) is 12.5 Å². The van der Waals surface area contributed by atoms with Crippen molar-refractivity contribution in [3.8, 4) is 11.8 Å². The quantitative estimate of drug-likeness (QED) is 0.508. The third-order valence-electron chi connectivity index (χ3n) is 2.66. The third-order valence-corrected chi connectivity index (χ3v) is 2.66. The average Bonchev–Trinajstić information content (AvgIpc) is 2.52. The first-order valence-electron chi connectivity index (χ1n) is 6.96. The van der Waals surface area contributed by atoms with E-state index >= 15 is 0 Å². The van der Waals surface area contributed by atoms with E-state index in [2.05, 4.69) is 5.32 Å². The van der Waals surface area contributed by atoms with Gasteiger partial charge in [-0.1, -0.05) is 6.07 Å². The van der Waals surface area contributed by atoms with Gasteiger partial charge in [0.25, 0.3) is 0 Å². The standard InChI is InChI=1S/C15H22N2O4/c16-10-13-3-1-4-15(9-13)21-12-14(19)11-17-5-2-7-20-8-6-18/h1,3-4,9,14,17-19H,2,5-8,11-12H2. The first kappa shape index (κ1) is 17.4. The molecule has 1 atom stereocenters. The Bertz CT molecular complexity index is 434. The minimum Gasteiger partial charge on any atom is -0.491 e. The summed E-state index contributed by atoms with van der Waals surface area (Å²) >= 11 is 0. The van der Waals surface area contributed by atoms with E-state index in [-0.39, 0.29) is 13.2 Å². The van der Waals surface area contributed by atoms with Gasteiger partial charge in [-0.2, -0.15) is 5.26 Å². The minimum absolute atomic E-state index is 0.0382. The zero-order valence-electron chi connectivity index (χ0n) is 12.0. The lowest BCUT2D eigenvalue weighted by molar-refractivity contribution is 0.0875. The lowest BCUT2D eigenvalue weighted by Crippen LogP contribution is -2.32. The second-order valence-corrected chi connectivity index (χ2v) is 4.50. The number of nitrogens with zero attached hydrogens (tertiary/aromatic N) is 1. The van der Waals surface area contributed by atoms with Crippen LogP contribution in [0.4, 0.5) is 0 Å². The molecular weight excluding hydrogens is 272 g/mol. The Balaban J connectivity index is 2.08. The van der Waals surface area contributed by atoms with E-state index < -0.39 is 6.10 Å². The van der Waals surface area contributed by atoms with Crippen LogP contribution in [-0.4, -0.2) is 55.8 Å². The van der Waals surface area contributed by atoms with Gasteiger partial charge >= 0.3 is 0 Å². The molecule has 0 saturated carbocycles. The Labute approximate surface area is 124 Å². The highest BCUT2D eigenvalue weighted by Gasteiger charge is 2.05. The maximum absolute atomic E-state index is 9.76. The van der Waals surface area contributed by atoms with Crippen molar-refractivity contribution in [3.63, 3.8) is 0 Å². The van der Waals surface area contributed by atoms with Crippen LogP contribution >= 0.6 is 0 Å². The first-order chi connectivity index (χ1) is 10.3. The van der Waals surface area contributed by atoms with Gasteiger partial charge in [-0.05, 0) is 31.2 Å². The van der Waals surface area contributed by atoms with Crippen LogP contribution in [0.1, 0.15) is 12.0 Å². The van der Waals surface area contributed by atoms with Crippen LogP contribution in [0, 0.1) is 11.3 Å². The molecule has 0 bridgehead atoms. The monoisotopic (exact) mass is 294 g/mol. The smallest absolute Gasteiger partial charge is 0.120 e. The van der Waals surface area contributed by atoms with Gasteiger partial charge in [0.1, 0.15) is 18.5 Å². The van der Waals surface area contributed by atoms with E-state index in [9.17, 15) is 5.11 Å². The maximum Gasteiger partial charge on any atom is 0.120 e. The van der Waals surface area contributed by atoms with Crippen LogP contribution in [0.15, 0.2) is 24.3 Å². The number of hydrogen-bond acceptors (Lipinski definition) is 6. The second-order valence-electron chi connectivity index (χ2n) is 4.50. The van der Waals surface area contributed by atoms with Gasteiger partial charge in [0, 0.05) is 13.2 Å². The molecule has 21 heavy (non-hydrogen) atoms. The number of nitrogens with one attached hydrogen (secondary N) is 1. The van der Waals surface area contributed by atoms with Crippen molar-refractivity contribution in [1.82, 2.24) is 5.32 Å². The molecule has 0 saturated heterocycles. The number of hydrogen-bond donors (Lipinski definition) is 3. The highest BCUT2D eigenvalue weighted by Crippen LogP contribution is 2.12. The number of rotatable bonds is 11. The van der Waals surface area contributed by atoms with Crippen LogP contribution < -0.4 is 10.1 Å². The van der Waals surface area contributed by atoms with Crippen LogP contribution in [0.5, 0.6) is 5.75 Å². The Morgan fingerprint density at radius 3 is 2.95 bits per heavy atom. The van der Waals surface area contributed by atoms with Crippen molar-refractivity contribution < 1.29 is 19.7 Å². The number of aliphatic hydroxyl groups is 2. The number of ether oxygens (including phenoxy) is 2. The summed E-state index contributed by atoms with van der Waals surface area (Å²) < 4.78 is 10.5. The molecule has 116 valence electrons. The summed E-state index contributed by atoms with van der Waals surface area (Å²) in [6, 6.07) is 8.86. The van der Waals surface area contributed by atoms with Crippen molar-refractivity contribution in [2.75, 3.05) is 39.5 Å². The van der Waals surface area contributed by atoms with Gasteiger partial charge in [-0.25, -0.2) is 0 Å². The zero-order chi connectivity index (χ0) is 15.3. The molecule has 1 aromatic carbocycles. The molecule has 1 aromatic rings. The van der Waals surface area contributed by atoms with Gasteiger partial charge in [0.05, 0.1) is 24.8 Å². The largest absolute Gasteiger partial charge is 0.491 e. The van der Waals surface area contributed by atoms with Crippen molar-refractivity contribution >= 4 is 0 Å². The van der Waals surface area contributed by atoms with Crippen LogP contribution in [0.3, 0.4) is 0 Å². The molecule has 0 fully saturated rings. The summed E-state index contributed by atoms with van der Waals surface area (Å²) in [5.41, 5.74) is 0.531. The summed E-state index contributed by atoms with van der Waals surface area (Å²) in [5.74, 6) is 0.575. The van der Waals surface area contributed by atoms with Gasteiger partial charge in [-0.15, -0.1) is 0 Å². The van der Waals surface area contributed by atoms with E-state index in [0.717, 1.165) is 13.0 Å². The molecule has 3 N–H and O–H groups in total. The predicted molar refractivity (Wildman–Crippen MR) is 78.1 cm³/mol. The lowest BCUT2D eigenvalue weighted by Gasteiger charge is -2.13. The van der Waals surface area contributed by atoms with E-state index in [1.54, 1.807) is 24.3 Å². The molecule has 0 aromatic heterocycles. The number of aliphatic hydroxyl groups excluding tert-OH is 2. The third kappa shape index (κ3) is 8.27.